The van der Waals surface area contributed by atoms with Gasteiger partial charge in [0.05, 0.1) is 10.5 Å². The molecule has 184 valence electrons. The second-order valence-electron chi connectivity index (χ2n) is 8.22. The summed E-state index contributed by atoms with van der Waals surface area (Å²) < 4.78 is 78.7. The number of alkyl halides is 3. The van der Waals surface area contributed by atoms with Gasteiger partial charge in [0, 0.05) is 13.1 Å². The molecule has 10 heteroatoms. The number of hydrogen-bond acceptors (Lipinski definition) is 3. The fourth-order valence-corrected chi connectivity index (χ4v) is 5.71. The van der Waals surface area contributed by atoms with Crippen LogP contribution in [0.5, 0.6) is 0 Å². The summed E-state index contributed by atoms with van der Waals surface area (Å²) in [5.74, 6) is -1.01. The van der Waals surface area contributed by atoms with E-state index in [1.807, 2.05) is 0 Å². The van der Waals surface area contributed by atoms with E-state index in [0.29, 0.717) is 29.5 Å². The average Bonchev–Trinajstić information content (AvgIpc) is 3.34. The van der Waals surface area contributed by atoms with Crippen molar-refractivity contribution in [2.45, 2.75) is 36.5 Å². The maximum atomic E-state index is 13.2. The zero-order chi connectivity index (χ0) is 25.2. The van der Waals surface area contributed by atoms with Crippen LogP contribution in [0.2, 0.25) is 0 Å². The van der Waals surface area contributed by atoms with Gasteiger partial charge in [0.25, 0.3) is 0 Å². The molecule has 1 fully saturated rings. The van der Waals surface area contributed by atoms with Gasteiger partial charge in [0.15, 0.2) is 0 Å². The molecule has 1 atom stereocenters. The Bertz CT molecular complexity index is 1310. The van der Waals surface area contributed by atoms with Crippen molar-refractivity contribution < 1.29 is 30.8 Å². The zero-order valence-electron chi connectivity index (χ0n) is 18.4. The normalized spacial score (nSPS) is 16.9. The Morgan fingerprint density at radius 3 is 2.31 bits per heavy atom. The summed E-state index contributed by atoms with van der Waals surface area (Å²) in [6.45, 7) is 0.301. The number of hydrogen-bond donors (Lipinski definition) is 1. The first kappa shape index (κ1) is 24.9. The van der Waals surface area contributed by atoms with E-state index in [2.05, 4.69) is 5.32 Å². The van der Waals surface area contributed by atoms with Gasteiger partial charge in [0.1, 0.15) is 11.9 Å². The molecule has 1 saturated heterocycles. The largest absolute Gasteiger partial charge is 0.416 e. The topological polar surface area (TPSA) is 66.5 Å². The monoisotopic (exact) mass is 506 g/mol. The second-order valence-corrected chi connectivity index (χ2v) is 10.1. The molecule has 0 saturated carbocycles. The summed E-state index contributed by atoms with van der Waals surface area (Å²) in [7, 11) is -3.96. The smallest absolute Gasteiger partial charge is 0.351 e. The van der Waals surface area contributed by atoms with Crippen LogP contribution in [0.4, 0.5) is 17.6 Å². The first-order valence-corrected chi connectivity index (χ1v) is 12.3. The van der Waals surface area contributed by atoms with Gasteiger partial charge in [-0.2, -0.15) is 17.5 Å². The third-order valence-corrected chi connectivity index (χ3v) is 7.79. The third-order valence-electron chi connectivity index (χ3n) is 5.87. The van der Waals surface area contributed by atoms with E-state index in [1.165, 1.54) is 24.3 Å². The molecule has 0 spiro atoms. The first-order valence-electron chi connectivity index (χ1n) is 10.9. The van der Waals surface area contributed by atoms with Crippen molar-refractivity contribution in [2.75, 3.05) is 6.54 Å². The molecule has 3 aromatic rings. The van der Waals surface area contributed by atoms with Crippen LogP contribution in [0.25, 0.3) is 11.1 Å². The van der Waals surface area contributed by atoms with Gasteiger partial charge in [-0.15, -0.1) is 0 Å². The highest BCUT2D eigenvalue weighted by Crippen LogP contribution is 2.31. The molecular formula is C25H22F4N2O3S. The van der Waals surface area contributed by atoms with E-state index in [9.17, 15) is 30.8 Å². The van der Waals surface area contributed by atoms with E-state index in [-0.39, 0.29) is 18.0 Å². The Morgan fingerprint density at radius 1 is 0.971 bits per heavy atom. The molecule has 3 aromatic carbocycles. The van der Waals surface area contributed by atoms with E-state index in [1.54, 1.807) is 24.3 Å². The second kappa shape index (κ2) is 9.79. The number of nitrogens with one attached hydrogen (secondary N) is 1. The van der Waals surface area contributed by atoms with Crippen LogP contribution in [-0.4, -0.2) is 31.2 Å². The molecule has 0 aliphatic carbocycles. The van der Waals surface area contributed by atoms with Crippen LogP contribution >= 0.6 is 0 Å². The van der Waals surface area contributed by atoms with Gasteiger partial charge in [0.2, 0.25) is 15.9 Å². The number of nitrogens with zero attached hydrogens (tertiary/aromatic N) is 1. The van der Waals surface area contributed by atoms with Gasteiger partial charge in [-0.05, 0) is 72.0 Å². The van der Waals surface area contributed by atoms with Crippen molar-refractivity contribution in [1.82, 2.24) is 9.62 Å². The van der Waals surface area contributed by atoms with Crippen molar-refractivity contribution in [3.05, 3.63) is 89.7 Å². The zero-order valence-corrected chi connectivity index (χ0v) is 19.2. The molecule has 1 N–H and O–H groups in total. The van der Waals surface area contributed by atoms with E-state index in [0.717, 1.165) is 28.6 Å². The number of benzene rings is 3. The van der Waals surface area contributed by atoms with Gasteiger partial charge < -0.3 is 5.32 Å². The highest BCUT2D eigenvalue weighted by molar-refractivity contribution is 7.89. The van der Waals surface area contributed by atoms with E-state index >= 15 is 0 Å². The van der Waals surface area contributed by atoms with Crippen molar-refractivity contribution in [3.63, 3.8) is 0 Å². The molecule has 1 aliphatic heterocycles. The molecule has 1 amide bonds. The molecule has 1 heterocycles. The van der Waals surface area contributed by atoms with Crippen LogP contribution in [0.1, 0.15) is 24.0 Å². The summed E-state index contributed by atoms with van der Waals surface area (Å²) >= 11 is 0. The van der Waals surface area contributed by atoms with Gasteiger partial charge in [-0.25, -0.2) is 12.8 Å². The lowest BCUT2D eigenvalue weighted by Crippen LogP contribution is -2.45. The first-order chi connectivity index (χ1) is 16.6. The van der Waals surface area contributed by atoms with Crippen molar-refractivity contribution in [1.29, 1.82) is 0 Å². The van der Waals surface area contributed by atoms with Crippen LogP contribution < -0.4 is 5.32 Å². The molecule has 1 unspecified atom stereocenters. The minimum atomic E-state index is -4.41. The van der Waals surface area contributed by atoms with Crippen LogP contribution in [0.15, 0.2) is 77.7 Å². The highest BCUT2D eigenvalue weighted by Gasteiger charge is 2.39. The Hall–Kier alpha value is -3.24. The number of amides is 1. The number of sulfonamides is 1. The van der Waals surface area contributed by atoms with E-state index < -0.39 is 39.5 Å². The van der Waals surface area contributed by atoms with Crippen LogP contribution in [0.3, 0.4) is 0 Å². The molecule has 5 nitrogen and oxygen atoms in total. The third kappa shape index (κ3) is 5.54. The molecule has 0 aromatic heterocycles. The Morgan fingerprint density at radius 2 is 1.66 bits per heavy atom. The average molecular weight is 507 g/mol. The SMILES string of the molecule is O=C(NCc1cccc(-c2ccc(C(F)(F)F)cc2)c1)C1CCCN1S(=O)(=O)c1ccc(F)cc1. The predicted octanol–water partition coefficient (Wildman–Crippen LogP) is 4.98. The molecule has 1 aliphatic rings. The lowest BCUT2D eigenvalue weighted by Gasteiger charge is -2.23. The molecule has 35 heavy (non-hydrogen) atoms. The lowest BCUT2D eigenvalue weighted by atomic mass is 10.0. The standard InChI is InChI=1S/C25H22F4N2O3S/c26-21-10-12-22(13-11-21)35(33,34)31-14-2-5-23(31)24(32)30-16-17-3-1-4-19(15-17)18-6-8-20(9-7-18)25(27,28)29/h1,3-4,6-13,15,23H,2,5,14,16H2,(H,30,32). The highest BCUT2D eigenvalue weighted by atomic mass is 32.2. The van der Waals surface area contributed by atoms with Crippen molar-refractivity contribution in [3.8, 4) is 11.1 Å². The lowest BCUT2D eigenvalue weighted by molar-refractivity contribution is -0.137. The summed E-state index contributed by atoms with van der Waals surface area (Å²) in [5.41, 5.74) is 1.26. The van der Waals surface area contributed by atoms with Gasteiger partial charge in [-0.3, -0.25) is 4.79 Å². The summed E-state index contributed by atoms with van der Waals surface area (Å²) in [5, 5.41) is 2.76. The van der Waals surface area contributed by atoms with Gasteiger partial charge in [-0.1, -0.05) is 30.3 Å². The Balaban J connectivity index is 1.44. The minimum Gasteiger partial charge on any atom is -0.351 e. The predicted molar refractivity (Wildman–Crippen MR) is 122 cm³/mol. The number of carbonyl (C=O) groups excluding carboxylic acids is 1. The van der Waals surface area contributed by atoms with Crippen LogP contribution in [0, 0.1) is 5.82 Å². The maximum Gasteiger partial charge on any atom is 0.416 e. The number of rotatable bonds is 6. The summed E-state index contributed by atoms with van der Waals surface area (Å²) in [4.78, 5) is 12.8. The molecule has 0 radical (unpaired) electrons. The molecule has 4 rings (SSSR count). The fourth-order valence-electron chi connectivity index (χ4n) is 4.05. The van der Waals surface area contributed by atoms with Crippen LogP contribution in [-0.2, 0) is 27.5 Å². The quantitative estimate of drug-likeness (QED) is 0.480. The maximum absolute atomic E-state index is 13.2. The van der Waals surface area contributed by atoms with Crippen molar-refractivity contribution >= 4 is 15.9 Å². The van der Waals surface area contributed by atoms with Gasteiger partial charge >= 0.3 is 6.18 Å². The number of halogens is 4. The molecular weight excluding hydrogens is 484 g/mol. The molecule has 0 bridgehead atoms. The fraction of sp³-hybridized carbons (Fsp3) is 0.240. The summed E-state index contributed by atoms with van der Waals surface area (Å²) in [6.07, 6.45) is -3.54. The minimum absolute atomic E-state index is 0.0807. The Labute approximate surface area is 200 Å². The van der Waals surface area contributed by atoms with Crippen molar-refractivity contribution in [2.24, 2.45) is 0 Å². The van der Waals surface area contributed by atoms with E-state index in [4.69, 9.17) is 0 Å². The Kier molecular flexibility index (Phi) is 6.95. The summed E-state index contributed by atoms with van der Waals surface area (Å²) in [6, 6.07) is 15.4. The number of carbonyl (C=O) groups is 1.